The van der Waals surface area contributed by atoms with E-state index in [2.05, 4.69) is 29.1 Å². The average molecular weight is 284 g/mol. The van der Waals surface area contributed by atoms with Crippen molar-refractivity contribution in [2.75, 3.05) is 11.9 Å². The van der Waals surface area contributed by atoms with Crippen LogP contribution in [0, 0.1) is 0 Å². The molecule has 1 rings (SSSR count). The second-order valence-corrected chi connectivity index (χ2v) is 4.19. The number of carbonyl (C=O) groups excluding carboxylic acids is 2. The van der Waals surface area contributed by atoms with Crippen molar-refractivity contribution in [2.45, 2.75) is 12.8 Å². The van der Waals surface area contributed by atoms with E-state index in [9.17, 15) is 9.59 Å². The lowest BCUT2D eigenvalue weighted by atomic mass is 10.1. The van der Waals surface area contributed by atoms with Crippen LogP contribution < -0.4 is 0 Å². The van der Waals surface area contributed by atoms with Gasteiger partial charge in [-0.25, -0.2) is 0 Å². The molecule has 2 amide bonds. The smallest absolute Gasteiger partial charge is 0.261 e. The summed E-state index contributed by atoms with van der Waals surface area (Å²) in [7, 11) is 0. The normalized spacial score (nSPS) is 15.9. The minimum absolute atomic E-state index is 0.260. The number of imide groups is 1. The molecule has 0 unspecified atom stereocenters. The van der Waals surface area contributed by atoms with E-state index in [1.54, 1.807) is 0 Å². The molecule has 0 aromatic carbocycles. The number of unbranched alkanes of at least 4 members (excludes halogenated alkanes) is 1. The van der Waals surface area contributed by atoms with Crippen LogP contribution in [-0.2, 0) is 9.59 Å². The summed E-state index contributed by atoms with van der Waals surface area (Å²) in [4.78, 5) is 24.9. The van der Waals surface area contributed by atoms with Gasteiger partial charge in [-0.1, -0.05) is 41.2 Å². The molecule has 16 heavy (non-hydrogen) atoms. The molecular formula is C12H14BrNO2. The molecule has 0 aromatic rings. The van der Waals surface area contributed by atoms with Gasteiger partial charge in [0.2, 0.25) is 0 Å². The maximum atomic E-state index is 11.8. The van der Waals surface area contributed by atoms with Crippen molar-refractivity contribution in [3.63, 3.8) is 0 Å². The van der Waals surface area contributed by atoms with Gasteiger partial charge < -0.3 is 0 Å². The molecule has 0 N–H and O–H groups in total. The Labute approximate surface area is 104 Å². The van der Waals surface area contributed by atoms with E-state index < -0.39 is 0 Å². The van der Waals surface area contributed by atoms with Crippen molar-refractivity contribution in [1.82, 2.24) is 4.90 Å². The van der Waals surface area contributed by atoms with Crippen molar-refractivity contribution in [3.8, 4) is 0 Å². The maximum absolute atomic E-state index is 11.8. The molecule has 1 aliphatic rings. The Morgan fingerprint density at radius 3 is 1.94 bits per heavy atom. The minimum Gasteiger partial charge on any atom is -0.274 e. The third-order valence-corrected chi connectivity index (χ3v) is 2.98. The molecule has 4 heteroatoms. The van der Waals surface area contributed by atoms with Gasteiger partial charge in [0.1, 0.15) is 0 Å². The fraction of sp³-hybridized carbons (Fsp3) is 0.333. The highest BCUT2D eigenvalue weighted by Crippen LogP contribution is 2.22. The van der Waals surface area contributed by atoms with Crippen LogP contribution in [0.15, 0.2) is 36.5 Å². The molecule has 1 heterocycles. The summed E-state index contributed by atoms with van der Waals surface area (Å²) in [6.45, 7) is 7.54. The Kier molecular flexibility index (Phi) is 4.68. The molecule has 0 saturated heterocycles. The first-order chi connectivity index (χ1) is 7.67. The molecule has 1 aliphatic heterocycles. The van der Waals surface area contributed by atoms with Gasteiger partial charge in [-0.15, -0.1) is 0 Å². The predicted molar refractivity (Wildman–Crippen MR) is 67.2 cm³/mol. The van der Waals surface area contributed by atoms with Crippen LogP contribution in [-0.4, -0.2) is 28.6 Å². The van der Waals surface area contributed by atoms with Gasteiger partial charge in [-0.2, -0.15) is 0 Å². The van der Waals surface area contributed by atoms with E-state index in [4.69, 9.17) is 0 Å². The lowest BCUT2D eigenvalue weighted by Gasteiger charge is -2.13. The Hall–Kier alpha value is -1.16. The highest BCUT2D eigenvalue weighted by atomic mass is 79.9. The molecule has 0 fully saturated rings. The van der Waals surface area contributed by atoms with Crippen LogP contribution in [0.1, 0.15) is 12.8 Å². The summed E-state index contributed by atoms with van der Waals surface area (Å²) in [5, 5.41) is 0.874. The summed E-state index contributed by atoms with van der Waals surface area (Å²) in [6, 6.07) is 0. The Morgan fingerprint density at radius 1 is 1.06 bits per heavy atom. The van der Waals surface area contributed by atoms with E-state index in [1.807, 2.05) is 0 Å². The monoisotopic (exact) mass is 283 g/mol. The number of carbonyl (C=O) groups is 2. The van der Waals surface area contributed by atoms with Gasteiger partial charge in [0.05, 0.1) is 11.1 Å². The fourth-order valence-electron chi connectivity index (χ4n) is 1.58. The van der Waals surface area contributed by atoms with Crippen LogP contribution in [0.2, 0.25) is 0 Å². The molecule has 0 spiro atoms. The maximum Gasteiger partial charge on any atom is 0.261 e. The lowest BCUT2D eigenvalue weighted by Crippen LogP contribution is -2.32. The molecule has 0 saturated carbocycles. The van der Waals surface area contributed by atoms with E-state index in [0.29, 0.717) is 17.7 Å². The van der Waals surface area contributed by atoms with E-state index in [-0.39, 0.29) is 11.8 Å². The Morgan fingerprint density at radius 2 is 1.56 bits per heavy atom. The van der Waals surface area contributed by atoms with Gasteiger partial charge in [-0.05, 0) is 12.8 Å². The van der Waals surface area contributed by atoms with Crippen molar-refractivity contribution in [3.05, 3.63) is 36.5 Å². The molecular weight excluding hydrogens is 270 g/mol. The van der Waals surface area contributed by atoms with E-state index in [1.165, 1.54) is 17.1 Å². The molecule has 0 aromatic heterocycles. The number of alkyl halides is 1. The number of amides is 2. The van der Waals surface area contributed by atoms with Crippen LogP contribution in [0.4, 0.5) is 0 Å². The zero-order valence-corrected chi connectivity index (χ0v) is 10.6. The molecule has 3 nitrogen and oxygen atoms in total. The van der Waals surface area contributed by atoms with Gasteiger partial charge >= 0.3 is 0 Å². The van der Waals surface area contributed by atoms with Gasteiger partial charge in [0.15, 0.2) is 0 Å². The second kappa shape index (κ2) is 5.80. The van der Waals surface area contributed by atoms with E-state index in [0.717, 1.165) is 18.2 Å². The predicted octanol–water partition coefficient (Wildman–Crippen LogP) is 2.20. The van der Waals surface area contributed by atoms with Crippen molar-refractivity contribution in [1.29, 1.82) is 0 Å². The zero-order chi connectivity index (χ0) is 12.1. The Bertz CT molecular complexity index is 341. The first-order valence-corrected chi connectivity index (χ1v) is 6.20. The average Bonchev–Trinajstić information content (AvgIpc) is 2.52. The first kappa shape index (κ1) is 12.9. The van der Waals surface area contributed by atoms with Crippen molar-refractivity contribution < 1.29 is 9.59 Å². The van der Waals surface area contributed by atoms with Crippen LogP contribution in [0.3, 0.4) is 0 Å². The van der Waals surface area contributed by atoms with Crippen LogP contribution in [0.25, 0.3) is 0 Å². The van der Waals surface area contributed by atoms with E-state index >= 15 is 0 Å². The highest BCUT2D eigenvalue weighted by Gasteiger charge is 2.34. The van der Waals surface area contributed by atoms with Crippen LogP contribution >= 0.6 is 15.9 Å². The second-order valence-electron chi connectivity index (χ2n) is 3.39. The summed E-state index contributed by atoms with van der Waals surface area (Å²) in [5.74, 6) is -0.519. The molecule has 86 valence electrons. The first-order valence-electron chi connectivity index (χ1n) is 5.08. The Balaban J connectivity index is 2.80. The summed E-state index contributed by atoms with van der Waals surface area (Å²) in [5.41, 5.74) is 0.720. The summed E-state index contributed by atoms with van der Waals surface area (Å²) < 4.78 is 0. The highest BCUT2D eigenvalue weighted by molar-refractivity contribution is 9.09. The molecule has 0 bridgehead atoms. The van der Waals surface area contributed by atoms with Gasteiger partial charge in [0.25, 0.3) is 11.8 Å². The molecule has 0 atom stereocenters. The topological polar surface area (TPSA) is 37.4 Å². The SMILES string of the molecule is C=CC1=C(C=C)C(=O)N(CCCCBr)C1=O. The number of hydrogen-bond acceptors (Lipinski definition) is 2. The van der Waals surface area contributed by atoms with Gasteiger partial charge in [0, 0.05) is 11.9 Å². The number of hydrogen-bond donors (Lipinski definition) is 0. The van der Waals surface area contributed by atoms with Crippen molar-refractivity contribution in [2.24, 2.45) is 0 Å². The quantitative estimate of drug-likeness (QED) is 0.426. The standard InChI is InChI=1S/C12H14BrNO2/c1-3-9-10(4-2)12(16)14(11(9)15)8-6-5-7-13/h3-4H,1-2,5-8H2. The van der Waals surface area contributed by atoms with Crippen molar-refractivity contribution >= 4 is 27.7 Å². The van der Waals surface area contributed by atoms with Gasteiger partial charge in [-0.3, -0.25) is 14.5 Å². The lowest BCUT2D eigenvalue weighted by molar-refractivity contribution is -0.137. The third kappa shape index (κ3) is 2.32. The molecule has 0 aliphatic carbocycles. The summed E-state index contributed by atoms with van der Waals surface area (Å²) in [6.07, 6.45) is 4.57. The number of rotatable bonds is 6. The fourth-order valence-corrected chi connectivity index (χ4v) is 1.97. The third-order valence-electron chi connectivity index (χ3n) is 2.41. The number of halogens is 1. The van der Waals surface area contributed by atoms with Crippen LogP contribution in [0.5, 0.6) is 0 Å². The molecule has 0 radical (unpaired) electrons. The largest absolute Gasteiger partial charge is 0.274 e. The number of nitrogens with zero attached hydrogens (tertiary/aromatic N) is 1. The zero-order valence-electron chi connectivity index (χ0n) is 9.04. The minimum atomic E-state index is -0.260. The summed E-state index contributed by atoms with van der Waals surface area (Å²) >= 11 is 3.31.